The zero-order chi connectivity index (χ0) is 20.4. The molecule has 0 atom stereocenters. The second kappa shape index (κ2) is 8.02. The third-order valence-corrected chi connectivity index (χ3v) is 5.12. The van der Waals surface area contributed by atoms with Crippen molar-refractivity contribution in [3.05, 3.63) is 94.6 Å². The van der Waals surface area contributed by atoms with Crippen LogP contribution in [0, 0.1) is 6.92 Å². The molecule has 0 saturated carbocycles. The maximum absolute atomic E-state index is 11.0. The fraction of sp³-hybridized carbons (Fsp3) is 0.125. The van der Waals surface area contributed by atoms with E-state index in [0.29, 0.717) is 22.9 Å². The maximum atomic E-state index is 11.0. The third kappa shape index (κ3) is 4.13. The van der Waals surface area contributed by atoms with Gasteiger partial charge < -0.3 is 14.4 Å². The first-order valence-corrected chi connectivity index (χ1v) is 9.70. The summed E-state index contributed by atoms with van der Waals surface area (Å²) in [4.78, 5) is 11.0. The van der Waals surface area contributed by atoms with Crippen molar-refractivity contribution in [2.45, 2.75) is 19.9 Å². The van der Waals surface area contributed by atoms with E-state index in [0.717, 1.165) is 22.3 Å². The Bertz CT molecular complexity index is 1180. The lowest BCUT2D eigenvalue weighted by Gasteiger charge is -2.10. The Kier molecular flexibility index (Phi) is 5.28. The molecule has 0 aliphatic heterocycles. The van der Waals surface area contributed by atoms with E-state index in [1.165, 1.54) is 5.56 Å². The summed E-state index contributed by atoms with van der Waals surface area (Å²) in [6.07, 6.45) is -0.0401. The van der Waals surface area contributed by atoms with Crippen LogP contribution in [0.3, 0.4) is 0 Å². The van der Waals surface area contributed by atoms with Gasteiger partial charge in [-0.05, 0) is 48.4 Å². The summed E-state index contributed by atoms with van der Waals surface area (Å²) < 4.78 is 8.43. The number of nitrogens with zero attached hydrogens (tertiary/aromatic N) is 1. The van der Waals surface area contributed by atoms with Gasteiger partial charge in [0.15, 0.2) is 5.75 Å². The molecule has 146 valence electrons. The molecule has 5 heteroatoms. The number of aromatic nitrogens is 1. The minimum absolute atomic E-state index is 0.0401. The summed E-state index contributed by atoms with van der Waals surface area (Å²) in [7, 11) is 0. The molecule has 0 saturated heterocycles. The number of ether oxygens (including phenoxy) is 1. The Labute approximate surface area is 173 Å². The Morgan fingerprint density at radius 3 is 2.52 bits per heavy atom. The number of hydrogen-bond donors (Lipinski definition) is 1. The summed E-state index contributed by atoms with van der Waals surface area (Å²) in [5.41, 5.74) is 3.86. The fourth-order valence-corrected chi connectivity index (χ4v) is 3.69. The molecule has 0 spiro atoms. The van der Waals surface area contributed by atoms with E-state index in [-0.39, 0.29) is 6.42 Å². The van der Waals surface area contributed by atoms with Crippen LogP contribution in [0.2, 0.25) is 5.02 Å². The summed E-state index contributed by atoms with van der Waals surface area (Å²) in [6.45, 7) is 2.72. The number of benzene rings is 3. The minimum Gasteiger partial charge on any atom is -0.481 e. The molecule has 1 aromatic heterocycles. The summed E-state index contributed by atoms with van der Waals surface area (Å²) >= 11 is 6.27. The van der Waals surface area contributed by atoms with E-state index in [4.69, 9.17) is 21.4 Å². The number of carboxylic acid groups (broad SMARTS) is 1. The first-order valence-electron chi connectivity index (χ1n) is 9.32. The zero-order valence-electron chi connectivity index (χ0n) is 15.9. The van der Waals surface area contributed by atoms with Gasteiger partial charge in [0.25, 0.3) is 0 Å². The molecule has 4 nitrogen and oxygen atoms in total. The van der Waals surface area contributed by atoms with Crippen LogP contribution in [0.5, 0.6) is 11.5 Å². The second-order valence-corrected chi connectivity index (χ2v) is 7.40. The largest absolute Gasteiger partial charge is 0.481 e. The van der Waals surface area contributed by atoms with Crippen LogP contribution in [0.25, 0.3) is 10.9 Å². The van der Waals surface area contributed by atoms with Crippen LogP contribution in [0.1, 0.15) is 16.8 Å². The monoisotopic (exact) mass is 405 g/mol. The first-order chi connectivity index (χ1) is 14.0. The molecule has 0 aliphatic carbocycles. The van der Waals surface area contributed by atoms with Gasteiger partial charge in [-0.3, -0.25) is 4.79 Å². The highest BCUT2D eigenvalue weighted by molar-refractivity contribution is 6.31. The maximum Gasteiger partial charge on any atom is 0.307 e. The predicted octanol–water partition coefficient (Wildman–Crippen LogP) is 6.07. The van der Waals surface area contributed by atoms with E-state index < -0.39 is 5.97 Å². The number of rotatable bonds is 6. The lowest BCUT2D eigenvalue weighted by Crippen LogP contribution is -2.02. The lowest BCUT2D eigenvalue weighted by molar-refractivity contribution is -0.136. The SMILES string of the molecule is Cc1c(Oc2cccc(CC(=O)O)c2)c2ccc(Cl)cc2n1Cc1ccccc1. The molecule has 1 N–H and O–H groups in total. The molecule has 4 rings (SSSR count). The van der Waals surface area contributed by atoms with Crippen molar-refractivity contribution in [2.24, 2.45) is 0 Å². The summed E-state index contributed by atoms with van der Waals surface area (Å²) in [5.74, 6) is 0.494. The Morgan fingerprint density at radius 1 is 1.00 bits per heavy atom. The van der Waals surface area contributed by atoms with Crippen molar-refractivity contribution in [3.63, 3.8) is 0 Å². The van der Waals surface area contributed by atoms with Gasteiger partial charge in [-0.2, -0.15) is 0 Å². The van der Waals surface area contributed by atoms with Gasteiger partial charge in [-0.1, -0.05) is 54.1 Å². The topological polar surface area (TPSA) is 51.5 Å². The van der Waals surface area contributed by atoms with Gasteiger partial charge in [-0.15, -0.1) is 0 Å². The third-order valence-electron chi connectivity index (χ3n) is 4.89. The Morgan fingerprint density at radius 2 is 1.76 bits per heavy atom. The van der Waals surface area contributed by atoms with E-state index in [1.54, 1.807) is 12.1 Å². The number of fused-ring (bicyclic) bond motifs is 1. The van der Waals surface area contributed by atoms with Crippen LogP contribution in [-0.2, 0) is 17.8 Å². The lowest BCUT2D eigenvalue weighted by atomic mass is 10.1. The molecule has 0 unspecified atom stereocenters. The quantitative estimate of drug-likeness (QED) is 0.423. The highest BCUT2D eigenvalue weighted by atomic mass is 35.5. The van der Waals surface area contributed by atoms with E-state index in [2.05, 4.69) is 16.7 Å². The van der Waals surface area contributed by atoms with Crippen LogP contribution in [0.4, 0.5) is 0 Å². The molecular weight excluding hydrogens is 386 g/mol. The van der Waals surface area contributed by atoms with Crippen molar-refractivity contribution in [1.29, 1.82) is 0 Å². The average molecular weight is 406 g/mol. The van der Waals surface area contributed by atoms with Crippen molar-refractivity contribution in [3.8, 4) is 11.5 Å². The standard InChI is InChI=1S/C24H20ClNO3/c1-16-24(29-20-9-5-8-18(12-20)13-23(27)28)21-11-10-19(25)14-22(21)26(16)15-17-6-3-2-4-7-17/h2-12,14H,13,15H2,1H3,(H,27,28). The van der Waals surface area contributed by atoms with E-state index in [9.17, 15) is 4.79 Å². The number of aliphatic carboxylic acids is 1. The van der Waals surface area contributed by atoms with Crippen LogP contribution in [0.15, 0.2) is 72.8 Å². The first kappa shape index (κ1) is 19.1. The number of carboxylic acids is 1. The smallest absolute Gasteiger partial charge is 0.307 e. The molecule has 29 heavy (non-hydrogen) atoms. The zero-order valence-corrected chi connectivity index (χ0v) is 16.7. The van der Waals surface area contributed by atoms with Gasteiger partial charge in [0, 0.05) is 17.0 Å². The molecule has 0 radical (unpaired) electrons. The predicted molar refractivity (Wildman–Crippen MR) is 115 cm³/mol. The van der Waals surface area contributed by atoms with E-state index in [1.807, 2.05) is 55.5 Å². The van der Waals surface area contributed by atoms with Crippen molar-refractivity contribution < 1.29 is 14.6 Å². The molecular formula is C24H20ClNO3. The number of hydrogen-bond acceptors (Lipinski definition) is 2. The molecule has 0 fully saturated rings. The van der Waals surface area contributed by atoms with Crippen molar-refractivity contribution >= 4 is 28.5 Å². The summed E-state index contributed by atoms with van der Waals surface area (Å²) in [6, 6.07) is 23.2. The number of halogens is 1. The van der Waals surface area contributed by atoms with Gasteiger partial charge in [0.1, 0.15) is 5.75 Å². The highest BCUT2D eigenvalue weighted by Crippen LogP contribution is 2.37. The Hall–Kier alpha value is -3.24. The van der Waals surface area contributed by atoms with Crippen LogP contribution < -0.4 is 4.74 Å². The molecule has 0 aliphatic rings. The van der Waals surface area contributed by atoms with Gasteiger partial charge in [0.2, 0.25) is 0 Å². The molecule has 0 amide bonds. The van der Waals surface area contributed by atoms with Gasteiger partial charge >= 0.3 is 5.97 Å². The fourth-order valence-electron chi connectivity index (χ4n) is 3.53. The van der Waals surface area contributed by atoms with E-state index >= 15 is 0 Å². The number of carbonyl (C=O) groups is 1. The van der Waals surface area contributed by atoms with Crippen molar-refractivity contribution in [2.75, 3.05) is 0 Å². The molecule has 1 heterocycles. The van der Waals surface area contributed by atoms with Crippen LogP contribution >= 0.6 is 11.6 Å². The van der Waals surface area contributed by atoms with Gasteiger partial charge in [0.05, 0.1) is 17.6 Å². The average Bonchev–Trinajstić information content (AvgIpc) is 2.94. The highest BCUT2D eigenvalue weighted by Gasteiger charge is 2.17. The normalized spacial score (nSPS) is 11.0. The molecule has 4 aromatic rings. The van der Waals surface area contributed by atoms with Crippen LogP contribution in [-0.4, -0.2) is 15.6 Å². The van der Waals surface area contributed by atoms with Crippen molar-refractivity contribution in [1.82, 2.24) is 4.57 Å². The molecule has 3 aromatic carbocycles. The molecule has 0 bridgehead atoms. The summed E-state index contributed by atoms with van der Waals surface area (Å²) in [5, 5.41) is 10.7. The van der Waals surface area contributed by atoms with Gasteiger partial charge in [-0.25, -0.2) is 0 Å². The second-order valence-electron chi connectivity index (χ2n) is 6.97. The minimum atomic E-state index is -0.868. The Balaban J connectivity index is 1.77.